The lowest BCUT2D eigenvalue weighted by Gasteiger charge is -2.29. The van der Waals surface area contributed by atoms with Crippen LogP contribution < -0.4 is 9.62 Å². The number of para-hydroxylation sites is 2. The fraction of sp³-hybridized carbons (Fsp3) is 0.0500. The molecule has 0 saturated carbocycles. The molecule has 0 radical (unpaired) electrons. The minimum atomic E-state index is -3.86. The van der Waals surface area contributed by atoms with E-state index in [1.165, 1.54) is 10.4 Å². The summed E-state index contributed by atoms with van der Waals surface area (Å²) in [7, 11) is -3.86. The van der Waals surface area contributed by atoms with Gasteiger partial charge < -0.3 is 5.32 Å². The van der Waals surface area contributed by atoms with Crippen molar-refractivity contribution in [2.75, 3.05) is 9.62 Å². The Morgan fingerprint density at radius 2 is 1.46 bits per heavy atom. The van der Waals surface area contributed by atoms with Crippen LogP contribution in [-0.4, -0.2) is 14.3 Å². The number of nitrogens with zero attached hydrogens (tertiary/aromatic N) is 1. The third kappa shape index (κ3) is 2.74. The number of rotatable bonds is 2. The molecule has 1 N–H and O–H groups in total. The average molecular weight is 364 g/mol. The molecule has 3 aromatic rings. The van der Waals surface area contributed by atoms with E-state index in [-0.39, 0.29) is 23.0 Å². The summed E-state index contributed by atoms with van der Waals surface area (Å²) >= 11 is 0. The predicted octanol–water partition coefficient (Wildman–Crippen LogP) is 3.65. The molecule has 0 spiro atoms. The molecule has 3 aromatic carbocycles. The van der Waals surface area contributed by atoms with E-state index < -0.39 is 10.0 Å². The van der Waals surface area contributed by atoms with Gasteiger partial charge in [-0.3, -0.25) is 9.10 Å². The molecule has 1 heterocycles. The van der Waals surface area contributed by atoms with Gasteiger partial charge in [-0.1, -0.05) is 54.6 Å². The fourth-order valence-electron chi connectivity index (χ4n) is 3.04. The Morgan fingerprint density at radius 1 is 0.808 bits per heavy atom. The van der Waals surface area contributed by atoms with E-state index >= 15 is 0 Å². The van der Waals surface area contributed by atoms with E-state index in [9.17, 15) is 13.2 Å². The molecule has 1 aliphatic heterocycles. The molecular weight excluding hydrogens is 348 g/mol. The maximum absolute atomic E-state index is 13.4. The summed E-state index contributed by atoms with van der Waals surface area (Å²) in [5.41, 5.74) is 1.80. The number of carbonyl (C=O) groups is 1. The summed E-state index contributed by atoms with van der Waals surface area (Å²) in [5.74, 6) is -0.332. The SMILES string of the molecule is O=C1Nc2ccccc2S(=O)(=O)N(Cc2ccccc2)c2ccccc21. The van der Waals surface area contributed by atoms with Crippen molar-refractivity contribution in [2.24, 2.45) is 0 Å². The van der Waals surface area contributed by atoms with Crippen LogP contribution in [0.2, 0.25) is 0 Å². The minimum absolute atomic E-state index is 0.0822. The normalized spacial score (nSPS) is 15.2. The molecule has 130 valence electrons. The first-order valence-electron chi connectivity index (χ1n) is 8.13. The first-order valence-corrected chi connectivity index (χ1v) is 9.57. The number of hydrogen-bond acceptors (Lipinski definition) is 3. The molecule has 0 saturated heterocycles. The zero-order valence-corrected chi connectivity index (χ0v) is 14.6. The quantitative estimate of drug-likeness (QED) is 0.755. The molecule has 0 aliphatic carbocycles. The van der Waals surface area contributed by atoms with Gasteiger partial charge in [-0.2, -0.15) is 0 Å². The number of fused-ring (bicyclic) bond motifs is 2. The summed E-state index contributed by atoms with van der Waals surface area (Å²) < 4.78 is 28.2. The molecule has 0 unspecified atom stereocenters. The lowest BCUT2D eigenvalue weighted by molar-refractivity contribution is 0.102. The first-order chi connectivity index (χ1) is 12.6. The lowest BCUT2D eigenvalue weighted by atomic mass is 10.1. The number of hydrogen-bond donors (Lipinski definition) is 1. The van der Waals surface area contributed by atoms with Crippen molar-refractivity contribution in [3.63, 3.8) is 0 Å². The molecule has 1 aliphatic rings. The van der Waals surface area contributed by atoms with Gasteiger partial charge in [-0.15, -0.1) is 0 Å². The van der Waals surface area contributed by atoms with Gasteiger partial charge >= 0.3 is 0 Å². The number of sulfonamides is 1. The summed E-state index contributed by atoms with van der Waals surface area (Å²) in [6.45, 7) is 0.141. The van der Waals surface area contributed by atoms with Crippen molar-refractivity contribution in [1.29, 1.82) is 0 Å². The van der Waals surface area contributed by atoms with Crippen molar-refractivity contribution in [1.82, 2.24) is 0 Å². The molecule has 6 heteroatoms. The van der Waals surface area contributed by atoms with Crippen LogP contribution in [0.1, 0.15) is 15.9 Å². The third-order valence-electron chi connectivity index (χ3n) is 4.29. The van der Waals surface area contributed by atoms with Crippen molar-refractivity contribution >= 4 is 27.3 Å². The highest BCUT2D eigenvalue weighted by Gasteiger charge is 2.33. The van der Waals surface area contributed by atoms with Gasteiger partial charge in [0.05, 0.1) is 23.5 Å². The van der Waals surface area contributed by atoms with Gasteiger partial charge in [-0.05, 0) is 29.8 Å². The molecule has 0 bridgehead atoms. The van der Waals surface area contributed by atoms with Crippen molar-refractivity contribution < 1.29 is 13.2 Å². The van der Waals surface area contributed by atoms with Gasteiger partial charge in [0.2, 0.25) is 0 Å². The van der Waals surface area contributed by atoms with Gasteiger partial charge in [0, 0.05) is 0 Å². The van der Waals surface area contributed by atoms with Crippen LogP contribution in [0.5, 0.6) is 0 Å². The Hall–Kier alpha value is -3.12. The lowest BCUT2D eigenvalue weighted by Crippen LogP contribution is -2.35. The van der Waals surface area contributed by atoms with E-state index in [0.717, 1.165) is 5.56 Å². The molecule has 0 fully saturated rings. The molecule has 1 amide bonds. The topological polar surface area (TPSA) is 66.5 Å². The number of benzene rings is 3. The molecule has 5 nitrogen and oxygen atoms in total. The monoisotopic (exact) mass is 364 g/mol. The van der Waals surface area contributed by atoms with E-state index in [1.54, 1.807) is 42.5 Å². The molecule has 26 heavy (non-hydrogen) atoms. The Bertz CT molecular complexity index is 1080. The zero-order chi connectivity index (χ0) is 18.1. The fourth-order valence-corrected chi connectivity index (χ4v) is 4.66. The third-order valence-corrected chi connectivity index (χ3v) is 6.11. The summed E-state index contributed by atoms with van der Waals surface area (Å²) in [4.78, 5) is 12.8. The highest BCUT2D eigenvalue weighted by molar-refractivity contribution is 7.93. The van der Waals surface area contributed by atoms with Crippen LogP contribution in [0.25, 0.3) is 0 Å². The highest BCUT2D eigenvalue weighted by Crippen LogP contribution is 2.34. The second-order valence-electron chi connectivity index (χ2n) is 5.96. The first kappa shape index (κ1) is 16.4. The van der Waals surface area contributed by atoms with Gasteiger partial charge in [0.25, 0.3) is 15.9 Å². The number of nitrogens with one attached hydrogen (secondary N) is 1. The van der Waals surface area contributed by atoms with Crippen molar-refractivity contribution in [3.8, 4) is 0 Å². The maximum Gasteiger partial charge on any atom is 0.266 e. The Labute approximate surface area is 152 Å². The second kappa shape index (κ2) is 6.31. The van der Waals surface area contributed by atoms with Crippen LogP contribution in [0.15, 0.2) is 83.8 Å². The smallest absolute Gasteiger partial charge is 0.266 e. The van der Waals surface area contributed by atoms with Crippen LogP contribution in [0, 0.1) is 0 Å². The summed E-state index contributed by atoms with van der Waals surface area (Å²) in [6, 6.07) is 22.5. The number of anilines is 2. The highest BCUT2D eigenvalue weighted by atomic mass is 32.2. The molecule has 4 rings (SSSR count). The predicted molar refractivity (Wildman–Crippen MR) is 101 cm³/mol. The standard InChI is InChI=1S/C20H16N2O3S/c23-20-16-10-4-6-12-18(16)22(14-15-8-2-1-3-9-15)26(24,25)19-13-7-5-11-17(19)21-20/h1-13H,14H2,(H,21,23). The van der Waals surface area contributed by atoms with Crippen LogP contribution in [0.4, 0.5) is 11.4 Å². The van der Waals surface area contributed by atoms with Crippen LogP contribution >= 0.6 is 0 Å². The van der Waals surface area contributed by atoms with E-state index in [0.29, 0.717) is 11.3 Å². The largest absolute Gasteiger partial charge is 0.321 e. The van der Waals surface area contributed by atoms with E-state index in [1.807, 2.05) is 30.3 Å². The zero-order valence-electron chi connectivity index (χ0n) is 13.8. The Kier molecular flexibility index (Phi) is 3.97. The summed E-state index contributed by atoms with van der Waals surface area (Å²) in [5, 5.41) is 2.71. The van der Waals surface area contributed by atoms with Crippen molar-refractivity contribution in [3.05, 3.63) is 90.0 Å². The van der Waals surface area contributed by atoms with Crippen molar-refractivity contribution in [2.45, 2.75) is 11.4 Å². The van der Waals surface area contributed by atoms with Gasteiger partial charge in [0.15, 0.2) is 0 Å². The Balaban J connectivity index is 1.95. The second-order valence-corrected chi connectivity index (χ2v) is 7.80. The van der Waals surface area contributed by atoms with E-state index in [4.69, 9.17) is 0 Å². The summed E-state index contributed by atoms with van der Waals surface area (Å²) in [6.07, 6.45) is 0. The van der Waals surface area contributed by atoms with Gasteiger partial charge in [0.1, 0.15) is 4.90 Å². The molecular formula is C20H16N2O3S. The van der Waals surface area contributed by atoms with Crippen LogP contribution in [-0.2, 0) is 16.6 Å². The molecule has 0 aromatic heterocycles. The van der Waals surface area contributed by atoms with Crippen LogP contribution in [0.3, 0.4) is 0 Å². The Morgan fingerprint density at radius 3 is 2.27 bits per heavy atom. The number of amides is 1. The molecule has 0 atom stereocenters. The van der Waals surface area contributed by atoms with Gasteiger partial charge in [-0.25, -0.2) is 8.42 Å². The maximum atomic E-state index is 13.4. The number of carbonyl (C=O) groups excluding carboxylic acids is 1. The average Bonchev–Trinajstić information content (AvgIpc) is 2.66. The van der Waals surface area contributed by atoms with E-state index in [2.05, 4.69) is 5.32 Å². The minimum Gasteiger partial charge on any atom is -0.321 e.